The molecule has 0 aromatic heterocycles. The average molecular weight is 402 g/mol. The zero-order valence-electron chi connectivity index (χ0n) is 16.8. The van der Waals surface area contributed by atoms with Crippen LogP contribution in [0.25, 0.3) is 0 Å². The Morgan fingerprint density at radius 3 is 2.72 bits per heavy atom. The number of carbonyl (C=O) groups is 1. The van der Waals surface area contributed by atoms with E-state index in [0.717, 1.165) is 25.7 Å². The number of esters is 1. The smallest absolute Gasteiger partial charge is 0.338 e. The monoisotopic (exact) mass is 402 g/mol. The molecular weight excluding hydrogens is 372 g/mol. The van der Waals surface area contributed by atoms with Crippen LogP contribution < -0.4 is 0 Å². The predicted octanol–water partition coefficient (Wildman–Crippen LogP) is 3.24. The lowest BCUT2D eigenvalue weighted by atomic mass is 9.84. The summed E-state index contributed by atoms with van der Waals surface area (Å²) in [6, 6.07) is 0. The van der Waals surface area contributed by atoms with E-state index in [9.17, 15) is 20.1 Å². The Bertz CT molecular complexity index is 759. The fourth-order valence-corrected chi connectivity index (χ4v) is 4.16. The van der Waals surface area contributed by atoms with Gasteiger partial charge in [0.15, 0.2) is 0 Å². The van der Waals surface area contributed by atoms with Crippen LogP contribution in [-0.4, -0.2) is 46.7 Å². The lowest BCUT2D eigenvalue weighted by Crippen LogP contribution is -2.32. The second-order valence-corrected chi connectivity index (χ2v) is 7.93. The number of allylic oxidation sites excluding steroid dienone is 3. The van der Waals surface area contributed by atoms with Crippen molar-refractivity contribution >= 4 is 5.97 Å². The molecule has 2 aliphatic carbocycles. The van der Waals surface area contributed by atoms with Crippen molar-refractivity contribution in [2.45, 2.75) is 56.8 Å². The van der Waals surface area contributed by atoms with Gasteiger partial charge >= 0.3 is 5.97 Å². The molecule has 0 spiro atoms. The highest BCUT2D eigenvalue weighted by atomic mass is 16.5. The van der Waals surface area contributed by atoms with E-state index in [1.54, 1.807) is 18.2 Å². The van der Waals surface area contributed by atoms with Crippen LogP contribution in [0.15, 0.2) is 59.6 Å². The van der Waals surface area contributed by atoms with Crippen LogP contribution in [0.1, 0.15) is 38.5 Å². The van der Waals surface area contributed by atoms with E-state index in [1.807, 2.05) is 6.08 Å². The molecule has 5 atom stereocenters. The Labute approximate surface area is 171 Å². The van der Waals surface area contributed by atoms with E-state index < -0.39 is 24.1 Å². The molecule has 6 nitrogen and oxygen atoms in total. The molecule has 0 bridgehead atoms. The molecule has 4 unspecified atom stereocenters. The molecule has 1 aliphatic heterocycles. The first kappa shape index (κ1) is 21.4. The van der Waals surface area contributed by atoms with Crippen LogP contribution in [-0.2, 0) is 14.3 Å². The molecule has 0 saturated heterocycles. The average Bonchev–Trinajstić information content (AvgIpc) is 2.71. The van der Waals surface area contributed by atoms with Gasteiger partial charge in [-0.25, -0.2) is 4.79 Å². The highest BCUT2D eigenvalue weighted by Crippen LogP contribution is 2.34. The molecule has 0 amide bonds. The molecule has 0 aromatic rings. The van der Waals surface area contributed by atoms with Crippen LogP contribution in [0, 0.1) is 11.8 Å². The minimum absolute atomic E-state index is 0.00198. The maximum absolute atomic E-state index is 13.0. The van der Waals surface area contributed by atoms with E-state index in [-0.39, 0.29) is 29.8 Å². The van der Waals surface area contributed by atoms with Crippen molar-refractivity contribution in [1.29, 1.82) is 0 Å². The first-order chi connectivity index (χ1) is 13.9. The summed E-state index contributed by atoms with van der Waals surface area (Å²) in [5.74, 6) is -0.554. The van der Waals surface area contributed by atoms with Crippen molar-refractivity contribution in [3.05, 3.63) is 59.6 Å². The third-order valence-corrected chi connectivity index (χ3v) is 5.91. The number of aliphatic hydroxyl groups excluding tert-OH is 3. The van der Waals surface area contributed by atoms with E-state index in [0.29, 0.717) is 17.8 Å². The lowest BCUT2D eigenvalue weighted by Gasteiger charge is -2.31. The zero-order chi connectivity index (χ0) is 21.0. The Morgan fingerprint density at radius 1 is 1.21 bits per heavy atom. The molecule has 3 aliphatic rings. The van der Waals surface area contributed by atoms with Gasteiger partial charge in [0, 0.05) is 24.3 Å². The summed E-state index contributed by atoms with van der Waals surface area (Å²) < 4.78 is 11.1. The van der Waals surface area contributed by atoms with Gasteiger partial charge in [-0.1, -0.05) is 37.3 Å². The van der Waals surface area contributed by atoms with Crippen LogP contribution >= 0.6 is 0 Å². The molecule has 0 radical (unpaired) electrons. The van der Waals surface area contributed by atoms with Crippen LogP contribution in [0.5, 0.6) is 0 Å². The molecular formula is C23H30O6. The summed E-state index contributed by atoms with van der Waals surface area (Å²) in [4.78, 5) is 13.0. The number of carbonyl (C=O) groups excluding carboxylic acids is 1. The highest BCUT2D eigenvalue weighted by molar-refractivity contribution is 5.91. The van der Waals surface area contributed by atoms with Gasteiger partial charge < -0.3 is 24.8 Å². The van der Waals surface area contributed by atoms with Gasteiger partial charge in [0.05, 0.1) is 18.8 Å². The number of hydrogen-bond acceptors (Lipinski definition) is 6. The number of rotatable bonds is 1. The molecule has 3 rings (SSSR count). The number of fused-ring (bicyclic) bond motifs is 2. The van der Waals surface area contributed by atoms with Crippen molar-refractivity contribution < 1.29 is 29.6 Å². The van der Waals surface area contributed by atoms with Crippen LogP contribution in [0.4, 0.5) is 0 Å². The van der Waals surface area contributed by atoms with E-state index in [4.69, 9.17) is 9.47 Å². The molecule has 1 heterocycles. The van der Waals surface area contributed by atoms with Crippen LogP contribution in [0.3, 0.4) is 0 Å². The fourth-order valence-electron chi connectivity index (χ4n) is 4.16. The Morgan fingerprint density at radius 2 is 1.97 bits per heavy atom. The Balaban J connectivity index is 1.96. The van der Waals surface area contributed by atoms with Gasteiger partial charge in [-0.3, -0.25) is 0 Å². The third kappa shape index (κ3) is 5.00. The molecule has 158 valence electrons. The van der Waals surface area contributed by atoms with Gasteiger partial charge in [0.25, 0.3) is 0 Å². The van der Waals surface area contributed by atoms with Gasteiger partial charge in [-0.05, 0) is 31.3 Å². The first-order valence-electron chi connectivity index (χ1n) is 10.2. The topological polar surface area (TPSA) is 96.2 Å². The summed E-state index contributed by atoms with van der Waals surface area (Å²) in [6.45, 7) is 3.87. The van der Waals surface area contributed by atoms with Crippen LogP contribution in [0.2, 0.25) is 0 Å². The number of methoxy groups -OCH3 is 1. The van der Waals surface area contributed by atoms with Gasteiger partial charge in [0.2, 0.25) is 0 Å². The van der Waals surface area contributed by atoms with E-state index >= 15 is 0 Å². The van der Waals surface area contributed by atoms with Crippen molar-refractivity contribution in [2.24, 2.45) is 11.8 Å². The molecule has 1 fully saturated rings. The minimum Gasteiger partial charge on any atom is -0.507 e. The first-order valence-corrected chi connectivity index (χ1v) is 10.2. The number of ether oxygens (including phenoxy) is 2. The summed E-state index contributed by atoms with van der Waals surface area (Å²) in [7, 11) is 1.51. The van der Waals surface area contributed by atoms with Gasteiger partial charge in [-0.2, -0.15) is 0 Å². The molecule has 1 saturated carbocycles. The Kier molecular flexibility index (Phi) is 6.98. The zero-order valence-corrected chi connectivity index (χ0v) is 16.8. The normalized spacial score (nSPS) is 36.1. The second-order valence-electron chi connectivity index (χ2n) is 7.93. The summed E-state index contributed by atoms with van der Waals surface area (Å²) in [5.41, 5.74) is 0.631. The molecule has 3 N–H and O–H groups in total. The summed E-state index contributed by atoms with van der Waals surface area (Å²) in [6.07, 6.45) is 10.3. The molecule has 0 aromatic carbocycles. The SMILES string of the molecule is C=C1/C=C\C2CCCC[C@@H]2OC(=O)C2=C(O)C=C(OC)CC2/C=C/CC(O)C1O. The second kappa shape index (κ2) is 9.46. The maximum Gasteiger partial charge on any atom is 0.338 e. The van der Waals surface area contributed by atoms with Crippen molar-refractivity contribution in [3.8, 4) is 0 Å². The quantitative estimate of drug-likeness (QED) is 0.460. The number of aliphatic hydroxyl groups is 3. The van der Waals surface area contributed by atoms with E-state index in [2.05, 4.69) is 6.58 Å². The highest BCUT2D eigenvalue weighted by Gasteiger charge is 2.34. The number of hydrogen-bond donors (Lipinski definition) is 3. The van der Waals surface area contributed by atoms with E-state index in [1.165, 1.54) is 13.2 Å². The minimum atomic E-state index is -1.08. The van der Waals surface area contributed by atoms with Gasteiger partial charge in [-0.15, -0.1) is 0 Å². The third-order valence-electron chi connectivity index (χ3n) is 5.91. The van der Waals surface area contributed by atoms with Crippen molar-refractivity contribution in [2.75, 3.05) is 7.11 Å². The largest absolute Gasteiger partial charge is 0.507 e. The summed E-state index contributed by atoms with van der Waals surface area (Å²) in [5, 5.41) is 31.1. The van der Waals surface area contributed by atoms with Gasteiger partial charge in [0.1, 0.15) is 23.7 Å². The molecule has 29 heavy (non-hydrogen) atoms. The Hall–Kier alpha value is -2.31. The molecule has 6 heteroatoms. The standard InChI is InChI=1S/C23H30O6/c1-14-10-11-15-6-3-4-9-20(15)29-23(27)21-16(7-5-8-18(24)22(14)26)12-17(28-2)13-19(21)25/h5,7,10-11,13,15-16,18,20,22,24-26H,1,3-4,6,8-9,12H2,2H3/b7-5+,11-10-/t15?,16?,18?,20-,22?/m0/s1. The van der Waals surface area contributed by atoms with Crippen molar-refractivity contribution in [3.63, 3.8) is 0 Å². The van der Waals surface area contributed by atoms with Crippen molar-refractivity contribution in [1.82, 2.24) is 0 Å². The summed E-state index contributed by atoms with van der Waals surface area (Å²) >= 11 is 0. The lowest BCUT2D eigenvalue weighted by molar-refractivity contribution is -0.148. The fraction of sp³-hybridized carbons (Fsp3) is 0.522. The maximum atomic E-state index is 13.0. The predicted molar refractivity (Wildman–Crippen MR) is 109 cm³/mol.